The minimum absolute atomic E-state index is 0.00432. The van der Waals surface area contributed by atoms with Crippen LogP contribution in [0.15, 0.2) is 30.3 Å². The molecule has 1 amide bonds. The van der Waals surface area contributed by atoms with Gasteiger partial charge in [0, 0.05) is 24.8 Å². The summed E-state index contributed by atoms with van der Waals surface area (Å²) < 4.78 is 54.2. The van der Waals surface area contributed by atoms with Crippen LogP contribution in [0, 0.1) is 17.5 Å². The van der Waals surface area contributed by atoms with E-state index in [2.05, 4.69) is 5.10 Å². The van der Waals surface area contributed by atoms with Crippen molar-refractivity contribution in [2.24, 2.45) is 0 Å². The average molecular weight is 514 g/mol. The maximum absolute atomic E-state index is 14.9. The van der Waals surface area contributed by atoms with Crippen molar-refractivity contribution in [2.45, 2.75) is 19.6 Å². The SMILES string of the molecule is COCCOCc1cc(Cl)c(F)c(N2CCc3c(nn(Cc4cccc(F)c4F)c3Cl)C2=O)c1. The first kappa shape index (κ1) is 24.5. The second kappa shape index (κ2) is 10.4. The summed E-state index contributed by atoms with van der Waals surface area (Å²) in [4.78, 5) is 14.5. The van der Waals surface area contributed by atoms with Crippen LogP contribution in [0.4, 0.5) is 18.9 Å². The molecule has 0 unspecified atom stereocenters. The van der Waals surface area contributed by atoms with Crippen LogP contribution in [-0.4, -0.2) is 42.6 Å². The van der Waals surface area contributed by atoms with Gasteiger partial charge in [-0.05, 0) is 30.2 Å². The Morgan fingerprint density at radius 1 is 1.12 bits per heavy atom. The molecule has 0 spiro atoms. The molecule has 34 heavy (non-hydrogen) atoms. The molecule has 0 radical (unpaired) electrons. The highest BCUT2D eigenvalue weighted by Gasteiger charge is 2.33. The van der Waals surface area contributed by atoms with Crippen molar-refractivity contribution in [1.82, 2.24) is 9.78 Å². The number of halogens is 5. The number of nitrogens with zero attached hydrogens (tertiary/aromatic N) is 3. The van der Waals surface area contributed by atoms with Gasteiger partial charge < -0.3 is 14.4 Å². The lowest BCUT2D eigenvalue weighted by Crippen LogP contribution is -2.38. The smallest absolute Gasteiger partial charge is 0.279 e. The third-order valence-electron chi connectivity index (χ3n) is 5.43. The topological polar surface area (TPSA) is 56.6 Å². The van der Waals surface area contributed by atoms with Crippen LogP contribution < -0.4 is 4.90 Å². The highest BCUT2D eigenvalue weighted by molar-refractivity contribution is 6.32. The second-order valence-electron chi connectivity index (χ2n) is 7.65. The lowest BCUT2D eigenvalue weighted by atomic mass is 10.1. The molecule has 0 aliphatic carbocycles. The number of anilines is 1. The summed E-state index contributed by atoms with van der Waals surface area (Å²) in [5, 5.41) is 4.23. The molecule has 0 saturated carbocycles. The molecule has 1 aromatic heterocycles. The van der Waals surface area contributed by atoms with Crippen molar-refractivity contribution in [1.29, 1.82) is 0 Å². The zero-order valence-corrected chi connectivity index (χ0v) is 19.6. The molecule has 2 aromatic carbocycles. The molecule has 1 aliphatic heterocycles. The first-order valence-electron chi connectivity index (χ1n) is 10.4. The van der Waals surface area contributed by atoms with Crippen LogP contribution in [0.5, 0.6) is 0 Å². The monoisotopic (exact) mass is 513 g/mol. The molecule has 0 bridgehead atoms. The molecule has 1 aliphatic rings. The average Bonchev–Trinajstić information content (AvgIpc) is 3.13. The molecular formula is C23H20Cl2F3N3O3. The van der Waals surface area contributed by atoms with Crippen molar-refractivity contribution in [3.05, 3.63) is 80.3 Å². The fourth-order valence-corrected chi connectivity index (χ4v) is 4.25. The van der Waals surface area contributed by atoms with E-state index in [-0.39, 0.29) is 53.2 Å². The number of hydrogen-bond donors (Lipinski definition) is 0. The van der Waals surface area contributed by atoms with Crippen LogP contribution in [0.25, 0.3) is 0 Å². The normalized spacial score (nSPS) is 13.5. The lowest BCUT2D eigenvalue weighted by Gasteiger charge is -2.27. The van der Waals surface area contributed by atoms with Crippen molar-refractivity contribution in [3.8, 4) is 0 Å². The van der Waals surface area contributed by atoms with Crippen LogP contribution in [-0.2, 0) is 29.0 Å². The Balaban J connectivity index is 1.61. The highest BCUT2D eigenvalue weighted by Crippen LogP contribution is 2.34. The summed E-state index contributed by atoms with van der Waals surface area (Å²) in [6.07, 6.45) is 0.289. The molecule has 11 heteroatoms. The van der Waals surface area contributed by atoms with E-state index in [0.29, 0.717) is 24.3 Å². The number of benzene rings is 2. The zero-order valence-electron chi connectivity index (χ0n) is 18.1. The predicted octanol–water partition coefficient (Wildman–Crippen LogP) is 5.02. The maximum Gasteiger partial charge on any atom is 0.279 e. The van der Waals surface area contributed by atoms with Gasteiger partial charge in [0.2, 0.25) is 0 Å². The molecule has 0 N–H and O–H groups in total. The molecule has 3 aromatic rings. The van der Waals surface area contributed by atoms with Crippen LogP contribution in [0.3, 0.4) is 0 Å². The third-order valence-corrected chi connectivity index (χ3v) is 6.13. The van der Waals surface area contributed by atoms with E-state index in [4.69, 9.17) is 32.7 Å². The fourth-order valence-electron chi connectivity index (χ4n) is 3.73. The number of ether oxygens (including phenoxy) is 2. The zero-order chi connectivity index (χ0) is 24.4. The van der Waals surface area contributed by atoms with E-state index in [1.165, 1.54) is 33.8 Å². The summed E-state index contributed by atoms with van der Waals surface area (Å²) in [6.45, 7) is 0.861. The standard InChI is InChI=1S/C23H20Cl2F3N3O3/c1-33-7-8-34-12-13-9-16(24)20(28)18(10-13)30-6-5-15-21(23(30)32)29-31(22(15)25)11-14-3-2-4-17(26)19(14)27/h2-4,9-10H,5-8,11-12H2,1H3. The van der Waals surface area contributed by atoms with Gasteiger partial charge in [0.15, 0.2) is 23.1 Å². The number of hydrogen-bond acceptors (Lipinski definition) is 4. The van der Waals surface area contributed by atoms with E-state index in [0.717, 1.165) is 6.07 Å². The van der Waals surface area contributed by atoms with Crippen LogP contribution in [0.2, 0.25) is 10.2 Å². The molecule has 180 valence electrons. The number of fused-ring (bicyclic) bond motifs is 1. The van der Waals surface area contributed by atoms with E-state index in [9.17, 15) is 18.0 Å². The number of methoxy groups -OCH3 is 1. The third kappa shape index (κ3) is 4.79. The Kier molecular flexibility index (Phi) is 7.47. The van der Waals surface area contributed by atoms with E-state index in [1.54, 1.807) is 7.11 Å². The lowest BCUT2D eigenvalue weighted by molar-refractivity contribution is 0.0616. The Labute approximate surface area is 203 Å². The van der Waals surface area contributed by atoms with Gasteiger partial charge in [-0.25, -0.2) is 17.9 Å². The van der Waals surface area contributed by atoms with E-state index >= 15 is 0 Å². The molecule has 4 rings (SSSR count). The second-order valence-corrected chi connectivity index (χ2v) is 8.42. The summed E-state index contributed by atoms with van der Waals surface area (Å²) in [5.74, 6) is -3.33. The van der Waals surface area contributed by atoms with Crippen molar-refractivity contribution < 1.29 is 27.4 Å². The van der Waals surface area contributed by atoms with Gasteiger partial charge in [0.25, 0.3) is 5.91 Å². The van der Waals surface area contributed by atoms with Gasteiger partial charge >= 0.3 is 0 Å². The van der Waals surface area contributed by atoms with Crippen LogP contribution in [0.1, 0.15) is 27.2 Å². The van der Waals surface area contributed by atoms with Crippen molar-refractivity contribution in [2.75, 3.05) is 31.8 Å². The predicted molar refractivity (Wildman–Crippen MR) is 121 cm³/mol. The Morgan fingerprint density at radius 2 is 1.91 bits per heavy atom. The number of amides is 1. The molecule has 0 fully saturated rings. The minimum Gasteiger partial charge on any atom is -0.382 e. The maximum atomic E-state index is 14.9. The van der Waals surface area contributed by atoms with Gasteiger partial charge in [-0.2, -0.15) is 5.10 Å². The van der Waals surface area contributed by atoms with E-state index in [1.807, 2.05) is 0 Å². The summed E-state index contributed by atoms with van der Waals surface area (Å²) in [7, 11) is 1.55. The molecular weight excluding hydrogens is 494 g/mol. The molecule has 0 atom stereocenters. The van der Waals surface area contributed by atoms with Crippen LogP contribution >= 0.6 is 23.2 Å². The first-order chi connectivity index (χ1) is 16.3. The Bertz CT molecular complexity index is 1240. The molecule has 0 saturated heterocycles. The summed E-state index contributed by atoms with van der Waals surface area (Å²) in [6, 6.07) is 6.72. The van der Waals surface area contributed by atoms with E-state index < -0.39 is 23.4 Å². The molecule has 2 heterocycles. The minimum atomic E-state index is -1.01. The fraction of sp³-hybridized carbons (Fsp3) is 0.304. The number of rotatable bonds is 8. The Hall–Kier alpha value is -2.59. The first-order valence-corrected chi connectivity index (χ1v) is 11.1. The van der Waals surface area contributed by atoms with Gasteiger partial charge in [0.05, 0.1) is 37.1 Å². The quantitative estimate of drug-likeness (QED) is 0.397. The molecule has 6 nitrogen and oxygen atoms in total. The van der Waals surface area contributed by atoms with Gasteiger partial charge in [-0.15, -0.1) is 0 Å². The number of carbonyl (C=O) groups excluding carboxylic acids is 1. The van der Waals surface area contributed by atoms with Crippen molar-refractivity contribution in [3.63, 3.8) is 0 Å². The summed E-state index contributed by atoms with van der Waals surface area (Å²) >= 11 is 12.5. The highest BCUT2D eigenvalue weighted by atomic mass is 35.5. The Morgan fingerprint density at radius 3 is 2.68 bits per heavy atom. The largest absolute Gasteiger partial charge is 0.382 e. The van der Waals surface area contributed by atoms with Crippen molar-refractivity contribution >= 4 is 34.8 Å². The number of carbonyl (C=O) groups is 1. The van der Waals surface area contributed by atoms with Gasteiger partial charge in [-0.1, -0.05) is 35.3 Å². The number of aromatic nitrogens is 2. The van der Waals surface area contributed by atoms with Gasteiger partial charge in [-0.3, -0.25) is 4.79 Å². The van der Waals surface area contributed by atoms with Gasteiger partial charge in [0.1, 0.15) is 5.15 Å². The summed E-state index contributed by atoms with van der Waals surface area (Å²) in [5.41, 5.74) is 1.09.